The highest BCUT2D eigenvalue weighted by molar-refractivity contribution is 5.98. The van der Waals surface area contributed by atoms with E-state index in [0.717, 1.165) is 43.0 Å². The van der Waals surface area contributed by atoms with Crippen molar-refractivity contribution in [3.05, 3.63) is 53.1 Å². The van der Waals surface area contributed by atoms with Gasteiger partial charge in [0.2, 0.25) is 0 Å². The number of ether oxygens (including phenoxy) is 2. The summed E-state index contributed by atoms with van der Waals surface area (Å²) in [5.74, 6) is -0.0706. The van der Waals surface area contributed by atoms with Gasteiger partial charge in [0.25, 0.3) is 5.91 Å². The minimum Gasteiger partial charge on any atom is -0.484 e. The molecular formula is C23H29N3O4. The van der Waals surface area contributed by atoms with Crippen LogP contribution >= 0.6 is 0 Å². The van der Waals surface area contributed by atoms with E-state index in [9.17, 15) is 9.59 Å². The molecule has 0 spiro atoms. The number of esters is 1. The number of carbonyl (C=O) groups excluding carboxylic acids is 2. The number of amides is 1. The molecular weight excluding hydrogens is 382 g/mol. The molecule has 7 nitrogen and oxygen atoms in total. The molecule has 1 aliphatic heterocycles. The van der Waals surface area contributed by atoms with Gasteiger partial charge < -0.3 is 24.6 Å². The van der Waals surface area contributed by atoms with E-state index in [1.165, 1.54) is 7.11 Å². The van der Waals surface area contributed by atoms with E-state index >= 15 is 0 Å². The maximum Gasteiger partial charge on any atom is 0.337 e. The SMILES string of the molecule is COC(=O)c1ccc(N2CCN(C)CC2)c(NC(=O)COc2cc(C)cc(C)c2)c1. The Hall–Kier alpha value is -3.06. The molecule has 1 N–H and O–H groups in total. The number of likely N-dealkylation sites (N-methyl/N-ethyl adjacent to an activating group) is 1. The minimum atomic E-state index is -0.443. The Balaban J connectivity index is 1.75. The first-order chi connectivity index (χ1) is 14.4. The maximum absolute atomic E-state index is 12.6. The molecule has 0 atom stereocenters. The number of hydrogen-bond acceptors (Lipinski definition) is 6. The lowest BCUT2D eigenvalue weighted by Gasteiger charge is -2.35. The number of nitrogens with zero attached hydrogens (tertiary/aromatic N) is 2. The summed E-state index contributed by atoms with van der Waals surface area (Å²) in [4.78, 5) is 29.1. The molecule has 1 aliphatic rings. The number of anilines is 2. The quantitative estimate of drug-likeness (QED) is 0.737. The molecule has 1 amide bonds. The first-order valence-corrected chi connectivity index (χ1v) is 10.0. The Kier molecular flexibility index (Phi) is 6.95. The van der Waals surface area contributed by atoms with Gasteiger partial charge in [0.05, 0.1) is 24.0 Å². The number of aryl methyl sites for hydroxylation is 2. The van der Waals surface area contributed by atoms with E-state index in [4.69, 9.17) is 9.47 Å². The minimum absolute atomic E-state index is 0.118. The smallest absolute Gasteiger partial charge is 0.337 e. The fourth-order valence-electron chi connectivity index (χ4n) is 3.56. The first kappa shape index (κ1) is 21.6. The summed E-state index contributed by atoms with van der Waals surface area (Å²) in [5.41, 5.74) is 4.01. The Morgan fingerprint density at radius 1 is 1.00 bits per heavy atom. The van der Waals surface area contributed by atoms with Crippen molar-refractivity contribution in [2.24, 2.45) is 0 Å². The fraction of sp³-hybridized carbons (Fsp3) is 0.391. The van der Waals surface area contributed by atoms with Crippen molar-refractivity contribution in [3.63, 3.8) is 0 Å². The number of hydrogen-bond donors (Lipinski definition) is 1. The molecule has 0 saturated carbocycles. The molecule has 2 aromatic carbocycles. The van der Waals surface area contributed by atoms with E-state index in [0.29, 0.717) is 17.0 Å². The van der Waals surface area contributed by atoms with Crippen LogP contribution in [0, 0.1) is 13.8 Å². The third-order valence-electron chi connectivity index (χ3n) is 5.10. The average molecular weight is 412 g/mol. The second-order valence-corrected chi connectivity index (χ2v) is 7.67. The second kappa shape index (κ2) is 9.63. The predicted molar refractivity (Wildman–Crippen MR) is 118 cm³/mol. The topological polar surface area (TPSA) is 71.1 Å². The van der Waals surface area contributed by atoms with Gasteiger partial charge >= 0.3 is 5.97 Å². The van der Waals surface area contributed by atoms with Crippen LogP contribution in [0.25, 0.3) is 0 Å². The highest BCUT2D eigenvalue weighted by Crippen LogP contribution is 2.29. The number of piperazine rings is 1. The van der Waals surface area contributed by atoms with E-state index in [-0.39, 0.29) is 12.5 Å². The van der Waals surface area contributed by atoms with Gasteiger partial charge in [-0.1, -0.05) is 6.07 Å². The highest BCUT2D eigenvalue weighted by Gasteiger charge is 2.20. The standard InChI is InChI=1S/C23H29N3O4/c1-16-11-17(2)13-19(12-16)30-15-22(27)24-20-14-18(23(28)29-4)5-6-21(20)26-9-7-25(3)8-10-26/h5-6,11-14H,7-10,15H2,1-4H3,(H,24,27). The second-order valence-electron chi connectivity index (χ2n) is 7.67. The van der Waals surface area contributed by atoms with Crippen LogP contribution in [0.1, 0.15) is 21.5 Å². The zero-order valence-corrected chi connectivity index (χ0v) is 18.0. The number of benzene rings is 2. The van der Waals surface area contributed by atoms with E-state index in [2.05, 4.69) is 22.2 Å². The molecule has 7 heteroatoms. The van der Waals surface area contributed by atoms with Gasteiger partial charge in [0, 0.05) is 26.2 Å². The van der Waals surface area contributed by atoms with Gasteiger partial charge in [-0.3, -0.25) is 4.79 Å². The predicted octanol–water partition coefficient (Wildman–Crippen LogP) is 2.86. The number of rotatable bonds is 6. The van der Waals surface area contributed by atoms with E-state index in [1.54, 1.807) is 12.1 Å². The number of carbonyl (C=O) groups is 2. The van der Waals surface area contributed by atoms with Crippen LogP contribution in [-0.2, 0) is 9.53 Å². The van der Waals surface area contributed by atoms with Crippen molar-refractivity contribution in [3.8, 4) is 5.75 Å². The van der Waals surface area contributed by atoms with Crippen LogP contribution in [0.5, 0.6) is 5.75 Å². The Morgan fingerprint density at radius 3 is 2.30 bits per heavy atom. The van der Waals surface area contributed by atoms with Crippen LogP contribution in [0.2, 0.25) is 0 Å². The summed E-state index contributed by atoms with van der Waals surface area (Å²) in [6.45, 7) is 7.41. The molecule has 3 rings (SSSR count). The molecule has 0 aliphatic carbocycles. The van der Waals surface area contributed by atoms with E-state index < -0.39 is 5.97 Å². The molecule has 1 fully saturated rings. The zero-order valence-electron chi connectivity index (χ0n) is 18.0. The lowest BCUT2D eigenvalue weighted by atomic mass is 10.1. The van der Waals surface area contributed by atoms with Crippen molar-refractivity contribution in [1.29, 1.82) is 0 Å². The Morgan fingerprint density at radius 2 is 1.67 bits per heavy atom. The van der Waals surface area contributed by atoms with Crippen LogP contribution < -0.4 is 15.0 Å². The Bertz CT molecular complexity index is 900. The monoisotopic (exact) mass is 411 g/mol. The van der Waals surface area contributed by atoms with Gasteiger partial charge in [-0.15, -0.1) is 0 Å². The van der Waals surface area contributed by atoms with Crippen molar-refractivity contribution < 1.29 is 19.1 Å². The molecule has 30 heavy (non-hydrogen) atoms. The summed E-state index contributed by atoms with van der Waals surface area (Å²) < 4.78 is 10.5. The molecule has 0 radical (unpaired) electrons. The number of methoxy groups -OCH3 is 1. The zero-order chi connectivity index (χ0) is 21.7. The van der Waals surface area contributed by atoms with E-state index in [1.807, 2.05) is 38.1 Å². The van der Waals surface area contributed by atoms with Crippen LogP contribution in [0.3, 0.4) is 0 Å². The van der Waals surface area contributed by atoms with Crippen molar-refractivity contribution in [2.75, 3.05) is 57.2 Å². The summed E-state index contributed by atoms with van der Waals surface area (Å²) in [7, 11) is 3.43. The maximum atomic E-state index is 12.6. The van der Waals surface area contributed by atoms with Crippen LogP contribution in [0.15, 0.2) is 36.4 Å². The molecule has 0 bridgehead atoms. The van der Waals surface area contributed by atoms with Gasteiger partial charge in [0.1, 0.15) is 5.75 Å². The van der Waals surface area contributed by atoms with Gasteiger partial charge in [-0.2, -0.15) is 0 Å². The number of nitrogens with one attached hydrogen (secondary N) is 1. The van der Waals surface area contributed by atoms with Crippen molar-refractivity contribution >= 4 is 23.3 Å². The van der Waals surface area contributed by atoms with Gasteiger partial charge in [-0.05, 0) is 62.4 Å². The third-order valence-corrected chi connectivity index (χ3v) is 5.10. The van der Waals surface area contributed by atoms with Crippen LogP contribution in [-0.4, -0.2) is 63.7 Å². The lowest BCUT2D eigenvalue weighted by Crippen LogP contribution is -2.44. The third kappa shape index (κ3) is 5.51. The highest BCUT2D eigenvalue weighted by atomic mass is 16.5. The Labute approximate surface area is 177 Å². The van der Waals surface area contributed by atoms with Gasteiger partial charge in [-0.25, -0.2) is 4.79 Å². The molecule has 1 saturated heterocycles. The molecule has 1 heterocycles. The summed E-state index contributed by atoms with van der Waals surface area (Å²) in [5, 5.41) is 2.91. The van der Waals surface area contributed by atoms with Gasteiger partial charge in [0.15, 0.2) is 6.61 Å². The van der Waals surface area contributed by atoms with Crippen molar-refractivity contribution in [2.45, 2.75) is 13.8 Å². The molecule has 2 aromatic rings. The normalized spacial score (nSPS) is 14.3. The van der Waals surface area contributed by atoms with Crippen molar-refractivity contribution in [1.82, 2.24) is 4.90 Å². The summed E-state index contributed by atoms with van der Waals surface area (Å²) in [6, 6.07) is 11.1. The summed E-state index contributed by atoms with van der Waals surface area (Å²) in [6.07, 6.45) is 0. The van der Waals surface area contributed by atoms with Crippen LogP contribution in [0.4, 0.5) is 11.4 Å². The largest absolute Gasteiger partial charge is 0.484 e. The average Bonchev–Trinajstić information content (AvgIpc) is 2.72. The molecule has 0 aromatic heterocycles. The lowest BCUT2D eigenvalue weighted by molar-refractivity contribution is -0.118. The molecule has 0 unspecified atom stereocenters. The summed E-state index contributed by atoms with van der Waals surface area (Å²) >= 11 is 0. The molecule has 160 valence electrons. The fourth-order valence-corrected chi connectivity index (χ4v) is 3.56. The first-order valence-electron chi connectivity index (χ1n) is 10.0.